The quantitative estimate of drug-likeness (QED) is 0.200. The van der Waals surface area contributed by atoms with Gasteiger partial charge in [-0.3, -0.25) is 14.9 Å². The van der Waals surface area contributed by atoms with Gasteiger partial charge < -0.3 is 9.30 Å². The molecule has 1 aliphatic heterocycles. The summed E-state index contributed by atoms with van der Waals surface area (Å²) >= 11 is 12.4. The highest BCUT2D eigenvalue weighted by atomic mass is 35.5. The van der Waals surface area contributed by atoms with Gasteiger partial charge in [0.05, 0.1) is 5.69 Å². The topological polar surface area (TPSA) is 80.6 Å². The second-order valence-corrected chi connectivity index (χ2v) is 10.2. The Morgan fingerprint density at radius 1 is 0.850 bits per heavy atom. The van der Waals surface area contributed by atoms with Gasteiger partial charge in [0, 0.05) is 32.7 Å². The number of ether oxygens (including phenoxy) is 1. The molecule has 202 valence electrons. The summed E-state index contributed by atoms with van der Waals surface area (Å²) in [6, 6.07) is 21.0. The standard InChI is InChI=1S/C31H25Cl2N3O4/c1-18-8-9-24(16-28(18)33)36-30(38)26(29(37)34-31(36)39)15-22-14-19(2)35(20(22)3)23-10-12-25(13-11-23)40-17-21-6-4-5-7-27(21)32/h4-16H,17H2,1-3H3,(H,34,37,39)/b26-15-. The van der Waals surface area contributed by atoms with E-state index in [0.717, 1.165) is 33.1 Å². The van der Waals surface area contributed by atoms with Crippen LogP contribution in [-0.4, -0.2) is 22.4 Å². The third kappa shape index (κ3) is 5.26. The van der Waals surface area contributed by atoms with Gasteiger partial charge in [-0.25, -0.2) is 9.69 Å². The van der Waals surface area contributed by atoms with Gasteiger partial charge in [0.25, 0.3) is 11.8 Å². The van der Waals surface area contributed by atoms with Crippen LogP contribution in [0.15, 0.2) is 78.4 Å². The number of halogens is 2. The first-order chi connectivity index (χ1) is 19.1. The zero-order chi connectivity index (χ0) is 28.6. The number of nitrogens with one attached hydrogen (secondary N) is 1. The van der Waals surface area contributed by atoms with Crippen molar-refractivity contribution < 1.29 is 19.1 Å². The fourth-order valence-corrected chi connectivity index (χ4v) is 4.93. The number of hydrogen-bond donors (Lipinski definition) is 1. The van der Waals surface area contributed by atoms with Crippen LogP contribution in [-0.2, 0) is 16.2 Å². The number of aromatic nitrogens is 1. The maximum absolute atomic E-state index is 13.3. The van der Waals surface area contributed by atoms with Crippen LogP contribution in [0, 0.1) is 20.8 Å². The number of hydrogen-bond acceptors (Lipinski definition) is 4. The molecule has 0 unspecified atom stereocenters. The predicted octanol–water partition coefficient (Wildman–Crippen LogP) is 6.95. The van der Waals surface area contributed by atoms with Crippen LogP contribution in [0.4, 0.5) is 10.5 Å². The van der Waals surface area contributed by atoms with Crippen LogP contribution < -0.4 is 15.0 Å². The molecule has 9 heteroatoms. The first kappa shape index (κ1) is 27.2. The SMILES string of the molecule is Cc1ccc(N2C(=O)NC(=O)/C(=C/c3cc(C)n(-c4ccc(OCc5ccccc5Cl)cc4)c3C)C2=O)cc1Cl. The number of nitrogens with zero attached hydrogens (tertiary/aromatic N) is 2. The minimum atomic E-state index is -0.825. The lowest BCUT2D eigenvalue weighted by atomic mass is 10.1. The highest BCUT2D eigenvalue weighted by Crippen LogP contribution is 2.29. The number of carbonyl (C=O) groups is 3. The maximum atomic E-state index is 13.3. The molecule has 4 aromatic rings. The Balaban J connectivity index is 1.41. The summed E-state index contributed by atoms with van der Waals surface area (Å²) in [7, 11) is 0. The fraction of sp³-hybridized carbons (Fsp3) is 0.129. The summed E-state index contributed by atoms with van der Waals surface area (Å²) in [5.41, 5.74) is 5.10. The minimum absolute atomic E-state index is 0.153. The zero-order valence-corrected chi connectivity index (χ0v) is 23.5. The largest absolute Gasteiger partial charge is 0.489 e. The third-order valence-corrected chi connectivity index (χ3v) is 7.51. The first-order valence-electron chi connectivity index (χ1n) is 12.5. The van der Waals surface area contributed by atoms with Crippen LogP contribution in [0.1, 0.15) is 28.1 Å². The number of rotatable bonds is 6. The molecule has 0 radical (unpaired) electrons. The van der Waals surface area contributed by atoms with E-state index in [0.29, 0.717) is 28.0 Å². The summed E-state index contributed by atoms with van der Waals surface area (Å²) in [5.74, 6) is -0.785. The van der Waals surface area contributed by atoms with E-state index < -0.39 is 17.8 Å². The van der Waals surface area contributed by atoms with Gasteiger partial charge >= 0.3 is 6.03 Å². The monoisotopic (exact) mass is 573 g/mol. The number of amides is 4. The second-order valence-electron chi connectivity index (χ2n) is 9.43. The predicted molar refractivity (Wildman–Crippen MR) is 156 cm³/mol. The lowest BCUT2D eigenvalue weighted by Crippen LogP contribution is -2.54. The van der Waals surface area contributed by atoms with Gasteiger partial charge in [0.2, 0.25) is 0 Å². The third-order valence-electron chi connectivity index (χ3n) is 6.73. The highest BCUT2D eigenvalue weighted by Gasteiger charge is 2.37. The van der Waals surface area contributed by atoms with Gasteiger partial charge in [-0.05, 0) is 86.5 Å². The van der Waals surface area contributed by atoms with Crippen LogP contribution in [0.2, 0.25) is 10.0 Å². The van der Waals surface area contributed by atoms with Crippen molar-refractivity contribution in [1.29, 1.82) is 0 Å². The van der Waals surface area contributed by atoms with Gasteiger partial charge in [-0.1, -0.05) is 47.5 Å². The molecule has 7 nitrogen and oxygen atoms in total. The van der Waals surface area contributed by atoms with E-state index in [4.69, 9.17) is 27.9 Å². The van der Waals surface area contributed by atoms with Gasteiger partial charge in [0.15, 0.2) is 0 Å². The molecule has 1 aromatic heterocycles. The highest BCUT2D eigenvalue weighted by molar-refractivity contribution is 6.39. The normalized spacial score (nSPS) is 14.6. The first-order valence-corrected chi connectivity index (χ1v) is 13.2. The van der Waals surface area contributed by atoms with E-state index in [1.54, 1.807) is 12.1 Å². The van der Waals surface area contributed by atoms with Crippen molar-refractivity contribution in [2.75, 3.05) is 4.90 Å². The molecule has 1 aliphatic rings. The molecule has 4 amide bonds. The average molecular weight is 574 g/mol. The Morgan fingerprint density at radius 3 is 2.25 bits per heavy atom. The molecular formula is C31H25Cl2N3O4. The molecule has 0 saturated carbocycles. The van der Waals surface area contributed by atoms with Gasteiger partial charge in [-0.2, -0.15) is 0 Å². The Bertz CT molecular complexity index is 1690. The fourth-order valence-electron chi connectivity index (χ4n) is 4.57. The van der Waals surface area contributed by atoms with E-state index >= 15 is 0 Å². The zero-order valence-electron chi connectivity index (χ0n) is 22.0. The Hall–Kier alpha value is -4.33. The lowest BCUT2D eigenvalue weighted by molar-refractivity contribution is -0.122. The number of barbiturate groups is 1. The van der Waals surface area contributed by atoms with Crippen LogP contribution in [0.25, 0.3) is 11.8 Å². The van der Waals surface area contributed by atoms with Crippen molar-refractivity contribution >= 4 is 52.8 Å². The molecule has 0 aliphatic carbocycles. The van der Waals surface area contributed by atoms with Crippen molar-refractivity contribution in [3.8, 4) is 11.4 Å². The molecule has 0 atom stereocenters. The van der Waals surface area contributed by atoms with E-state index in [2.05, 4.69) is 5.32 Å². The smallest absolute Gasteiger partial charge is 0.335 e. The molecule has 1 N–H and O–H groups in total. The lowest BCUT2D eigenvalue weighted by Gasteiger charge is -2.26. The van der Waals surface area contributed by atoms with Crippen molar-refractivity contribution in [3.63, 3.8) is 0 Å². The minimum Gasteiger partial charge on any atom is -0.489 e. The van der Waals surface area contributed by atoms with E-state index in [9.17, 15) is 14.4 Å². The van der Waals surface area contributed by atoms with Crippen LogP contribution in [0.3, 0.4) is 0 Å². The summed E-state index contributed by atoms with van der Waals surface area (Å²) in [6.07, 6.45) is 1.51. The van der Waals surface area contributed by atoms with Crippen molar-refractivity contribution in [1.82, 2.24) is 9.88 Å². The summed E-state index contributed by atoms with van der Waals surface area (Å²) < 4.78 is 7.91. The van der Waals surface area contributed by atoms with Crippen LogP contribution in [0.5, 0.6) is 5.75 Å². The molecule has 40 heavy (non-hydrogen) atoms. The molecule has 1 fully saturated rings. The number of urea groups is 1. The number of aryl methyl sites for hydroxylation is 2. The number of benzene rings is 3. The van der Waals surface area contributed by atoms with E-state index in [-0.39, 0.29) is 11.3 Å². The number of imide groups is 2. The average Bonchev–Trinajstić information content (AvgIpc) is 3.20. The molecule has 5 rings (SSSR count). The second kappa shape index (κ2) is 11.0. The van der Waals surface area contributed by atoms with E-state index in [1.165, 1.54) is 12.1 Å². The summed E-state index contributed by atoms with van der Waals surface area (Å²) in [6.45, 7) is 6.00. The Morgan fingerprint density at radius 2 is 1.55 bits per heavy atom. The molecule has 3 aromatic carbocycles. The van der Waals surface area contributed by atoms with Gasteiger partial charge in [-0.15, -0.1) is 0 Å². The maximum Gasteiger partial charge on any atom is 0.335 e. The summed E-state index contributed by atoms with van der Waals surface area (Å²) in [5, 5.41) is 3.31. The van der Waals surface area contributed by atoms with Crippen molar-refractivity contribution in [3.05, 3.63) is 116 Å². The summed E-state index contributed by atoms with van der Waals surface area (Å²) in [4.78, 5) is 39.5. The molecule has 2 heterocycles. The van der Waals surface area contributed by atoms with Crippen LogP contribution >= 0.6 is 23.2 Å². The molecule has 0 spiro atoms. The Labute approximate surface area is 241 Å². The van der Waals surface area contributed by atoms with Crippen molar-refractivity contribution in [2.24, 2.45) is 0 Å². The molecular weight excluding hydrogens is 549 g/mol. The molecule has 1 saturated heterocycles. The molecule has 0 bridgehead atoms. The van der Waals surface area contributed by atoms with Gasteiger partial charge in [0.1, 0.15) is 17.9 Å². The number of carbonyl (C=O) groups excluding carboxylic acids is 3. The van der Waals surface area contributed by atoms with Crippen molar-refractivity contribution in [2.45, 2.75) is 27.4 Å². The number of anilines is 1. The Kier molecular flexibility index (Phi) is 7.52. The van der Waals surface area contributed by atoms with E-state index in [1.807, 2.05) is 79.9 Å².